The van der Waals surface area contributed by atoms with Crippen molar-refractivity contribution in [2.24, 2.45) is 11.1 Å². The summed E-state index contributed by atoms with van der Waals surface area (Å²) < 4.78 is 0. The number of likely N-dealkylation sites (N-methyl/N-ethyl adjacent to an activating group) is 1. The first kappa shape index (κ1) is 15.8. The van der Waals surface area contributed by atoms with Gasteiger partial charge in [0.25, 0.3) is 0 Å². The molecule has 0 spiro atoms. The molecule has 1 heterocycles. The third kappa shape index (κ3) is 3.53. The Balaban J connectivity index is 1.88. The SMILES string of the molecule is CCN1CCCC1CNC(=O)C1(CN)CCCCCC1. The van der Waals surface area contributed by atoms with E-state index in [0.717, 1.165) is 38.8 Å². The van der Waals surface area contributed by atoms with Crippen LogP contribution in [0.15, 0.2) is 0 Å². The molecule has 0 aromatic heterocycles. The maximum Gasteiger partial charge on any atom is 0.227 e. The highest BCUT2D eigenvalue weighted by molar-refractivity contribution is 5.83. The van der Waals surface area contributed by atoms with Gasteiger partial charge < -0.3 is 11.1 Å². The molecule has 1 aliphatic heterocycles. The topological polar surface area (TPSA) is 58.4 Å². The van der Waals surface area contributed by atoms with Crippen molar-refractivity contribution in [1.82, 2.24) is 10.2 Å². The standard InChI is InChI=1S/C16H31N3O/c1-2-19-11-7-8-14(19)12-18-15(20)16(13-17)9-5-3-4-6-10-16/h14H,2-13,17H2,1H3,(H,18,20). The second kappa shape index (κ2) is 7.41. The Bertz CT molecular complexity index is 311. The summed E-state index contributed by atoms with van der Waals surface area (Å²) in [4.78, 5) is 15.1. The van der Waals surface area contributed by atoms with Gasteiger partial charge in [-0.25, -0.2) is 0 Å². The minimum absolute atomic E-state index is 0.213. The van der Waals surface area contributed by atoms with Crippen LogP contribution in [-0.4, -0.2) is 43.0 Å². The molecule has 2 rings (SSSR count). The summed E-state index contributed by atoms with van der Waals surface area (Å²) in [6.45, 7) is 5.77. The van der Waals surface area contributed by atoms with Crippen molar-refractivity contribution in [1.29, 1.82) is 0 Å². The summed E-state index contributed by atoms with van der Waals surface area (Å²) in [5.41, 5.74) is 5.69. The molecule has 1 atom stereocenters. The second-order valence-electron chi connectivity index (χ2n) is 6.53. The zero-order chi connectivity index (χ0) is 14.4. The van der Waals surface area contributed by atoms with Gasteiger partial charge in [-0.15, -0.1) is 0 Å². The van der Waals surface area contributed by atoms with Gasteiger partial charge in [0.1, 0.15) is 0 Å². The number of nitrogens with two attached hydrogens (primary N) is 1. The Morgan fingerprint density at radius 3 is 2.55 bits per heavy atom. The molecule has 1 unspecified atom stereocenters. The summed E-state index contributed by atoms with van der Waals surface area (Å²) in [7, 11) is 0. The molecule has 4 nitrogen and oxygen atoms in total. The van der Waals surface area contributed by atoms with Crippen LogP contribution in [0.2, 0.25) is 0 Å². The van der Waals surface area contributed by atoms with Crippen LogP contribution < -0.4 is 11.1 Å². The van der Waals surface area contributed by atoms with Gasteiger partial charge in [0, 0.05) is 19.1 Å². The number of nitrogens with zero attached hydrogens (tertiary/aromatic N) is 1. The van der Waals surface area contributed by atoms with Gasteiger partial charge in [-0.3, -0.25) is 9.69 Å². The van der Waals surface area contributed by atoms with Crippen LogP contribution in [0.1, 0.15) is 58.3 Å². The summed E-state index contributed by atoms with van der Waals surface area (Å²) in [6.07, 6.45) is 9.21. The lowest BCUT2D eigenvalue weighted by Crippen LogP contribution is -2.49. The molecule has 0 aromatic carbocycles. The minimum Gasteiger partial charge on any atom is -0.354 e. The first-order chi connectivity index (χ1) is 9.72. The highest BCUT2D eigenvalue weighted by atomic mass is 16.2. The zero-order valence-electron chi connectivity index (χ0n) is 13.0. The Kier molecular flexibility index (Phi) is 5.85. The molecule has 2 fully saturated rings. The van der Waals surface area contributed by atoms with E-state index in [4.69, 9.17) is 5.73 Å². The fourth-order valence-electron chi connectivity index (χ4n) is 3.87. The third-order valence-corrected chi connectivity index (χ3v) is 5.34. The molecule has 116 valence electrons. The molecule has 3 N–H and O–H groups in total. The van der Waals surface area contributed by atoms with Gasteiger partial charge in [-0.05, 0) is 38.8 Å². The number of carbonyl (C=O) groups is 1. The van der Waals surface area contributed by atoms with E-state index in [-0.39, 0.29) is 11.3 Å². The van der Waals surface area contributed by atoms with Crippen molar-refractivity contribution in [2.75, 3.05) is 26.2 Å². The van der Waals surface area contributed by atoms with Crippen molar-refractivity contribution >= 4 is 5.91 Å². The monoisotopic (exact) mass is 281 g/mol. The molecule has 1 aliphatic carbocycles. The van der Waals surface area contributed by atoms with E-state index in [1.807, 2.05) is 0 Å². The summed E-state index contributed by atoms with van der Waals surface area (Å²) in [6, 6.07) is 0.532. The number of likely N-dealkylation sites (tertiary alicyclic amines) is 1. The number of rotatable bonds is 5. The van der Waals surface area contributed by atoms with Gasteiger partial charge in [0.05, 0.1) is 5.41 Å². The number of amides is 1. The van der Waals surface area contributed by atoms with Crippen molar-refractivity contribution in [3.05, 3.63) is 0 Å². The first-order valence-electron chi connectivity index (χ1n) is 8.44. The fourth-order valence-corrected chi connectivity index (χ4v) is 3.87. The molecule has 4 heteroatoms. The molecule has 20 heavy (non-hydrogen) atoms. The van der Waals surface area contributed by atoms with E-state index in [1.165, 1.54) is 32.2 Å². The number of hydrogen-bond donors (Lipinski definition) is 2. The summed E-state index contributed by atoms with van der Waals surface area (Å²) >= 11 is 0. The quantitative estimate of drug-likeness (QED) is 0.757. The van der Waals surface area contributed by atoms with Gasteiger partial charge in [0.2, 0.25) is 5.91 Å². The number of carbonyl (C=O) groups excluding carboxylic acids is 1. The number of nitrogens with one attached hydrogen (secondary N) is 1. The van der Waals surface area contributed by atoms with Crippen molar-refractivity contribution in [2.45, 2.75) is 64.3 Å². The van der Waals surface area contributed by atoms with E-state index in [0.29, 0.717) is 12.6 Å². The van der Waals surface area contributed by atoms with Crippen LogP contribution >= 0.6 is 0 Å². The largest absolute Gasteiger partial charge is 0.354 e. The summed E-state index contributed by atoms with van der Waals surface area (Å²) in [5.74, 6) is 0.213. The molecule has 0 aromatic rings. The van der Waals surface area contributed by atoms with Gasteiger partial charge in [-0.1, -0.05) is 32.6 Å². The van der Waals surface area contributed by atoms with E-state index < -0.39 is 0 Å². The smallest absolute Gasteiger partial charge is 0.227 e. The highest BCUT2D eigenvalue weighted by Crippen LogP contribution is 2.34. The van der Waals surface area contributed by atoms with Crippen molar-refractivity contribution in [3.8, 4) is 0 Å². The average molecular weight is 281 g/mol. The Morgan fingerprint density at radius 1 is 1.25 bits per heavy atom. The average Bonchev–Trinajstić information content (AvgIpc) is 2.79. The first-order valence-corrected chi connectivity index (χ1v) is 8.44. The van der Waals surface area contributed by atoms with Crippen LogP contribution in [0.4, 0.5) is 0 Å². The molecule has 0 bridgehead atoms. The summed E-state index contributed by atoms with van der Waals surface area (Å²) in [5, 5.41) is 3.22. The van der Waals surface area contributed by atoms with Crippen LogP contribution in [0.5, 0.6) is 0 Å². The van der Waals surface area contributed by atoms with Gasteiger partial charge in [-0.2, -0.15) is 0 Å². The van der Waals surface area contributed by atoms with E-state index in [9.17, 15) is 4.79 Å². The predicted octanol–water partition coefficient (Wildman–Crippen LogP) is 1.89. The number of hydrogen-bond acceptors (Lipinski definition) is 3. The molecule has 1 saturated carbocycles. The Hall–Kier alpha value is -0.610. The van der Waals surface area contributed by atoms with Crippen LogP contribution in [0.25, 0.3) is 0 Å². The van der Waals surface area contributed by atoms with E-state index in [1.54, 1.807) is 0 Å². The second-order valence-corrected chi connectivity index (χ2v) is 6.53. The maximum absolute atomic E-state index is 12.6. The lowest BCUT2D eigenvalue weighted by molar-refractivity contribution is -0.131. The van der Waals surface area contributed by atoms with Crippen LogP contribution in [0.3, 0.4) is 0 Å². The normalized spacial score (nSPS) is 27.2. The Labute approximate surface area is 123 Å². The minimum atomic E-state index is -0.286. The van der Waals surface area contributed by atoms with Crippen LogP contribution in [0, 0.1) is 5.41 Å². The van der Waals surface area contributed by atoms with Crippen LogP contribution in [-0.2, 0) is 4.79 Å². The van der Waals surface area contributed by atoms with Gasteiger partial charge >= 0.3 is 0 Å². The maximum atomic E-state index is 12.6. The molecule has 1 amide bonds. The fraction of sp³-hybridized carbons (Fsp3) is 0.938. The molecule has 2 aliphatic rings. The van der Waals surface area contributed by atoms with Crippen molar-refractivity contribution in [3.63, 3.8) is 0 Å². The lowest BCUT2D eigenvalue weighted by Gasteiger charge is -2.31. The van der Waals surface area contributed by atoms with E-state index >= 15 is 0 Å². The third-order valence-electron chi connectivity index (χ3n) is 5.34. The Morgan fingerprint density at radius 2 is 1.95 bits per heavy atom. The van der Waals surface area contributed by atoms with Crippen molar-refractivity contribution < 1.29 is 4.79 Å². The molecular weight excluding hydrogens is 250 g/mol. The molecule has 1 saturated heterocycles. The lowest BCUT2D eigenvalue weighted by atomic mass is 9.79. The van der Waals surface area contributed by atoms with E-state index in [2.05, 4.69) is 17.1 Å². The van der Waals surface area contributed by atoms with Gasteiger partial charge in [0.15, 0.2) is 0 Å². The molecule has 0 radical (unpaired) electrons. The zero-order valence-corrected chi connectivity index (χ0v) is 13.0. The predicted molar refractivity (Wildman–Crippen MR) is 82.5 cm³/mol. The molecular formula is C16H31N3O. The highest BCUT2D eigenvalue weighted by Gasteiger charge is 2.37.